The summed E-state index contributed by atoms with van der Waals surface area (Å²) in [7, 11) is 0. The van der Waals surface area contributed by atoms with E-state index in [1.54, 1.807) is 10.6 Å². The van der Waals surface area contributed by atoms with E-state index in [4.69, 9.17) is 5.11 Å². The number of imidazole rings is 1. The summed E-state index contributed by atoms with van der Waals surface area (Å²) < 4.78 is 14.7. The molecule has 2 aromatic rings. The smallest absolute Gasteiger partial charge is 0.372 e. The maximum atomic E-state index is 13.0. The lowest BCUT2D eigenvalue weighted by atomic mass is 10.2. The summed E-state index contributed by atoms with van der Waals surface area (Å²) in [5.41, 5.74) is 1.03. The molecule has 2 rings (SSSR count). The van der Waals surface area contributed by atoms with Crippen LogP contribution in [0, 0.1) is 11.7 Å². The summed E-state index contributed by atoms with van der Waals surface area (Å²) in [6.07, 6.45) is 0. The van der Waals surface area contributed by atoms with Gasteiger partial charge in [-0.2, -0.15) is 0 Å². The Balaban J connectivity index is 2.66. The average Bonchev–Trinajstić information content (AvgIpc) is 2.55. The van der Waals surface area contributed by atoms with Gasteiger partial charge in [0.25, 0.3) is 0 Å². The second-order valence-electron chi connectivity index (χ2n) is 4.38. The van der Waals surface area contributed by atoms with Crippen molar-refractivity contribution in [3.8, 4) is 0 Å². The zero-order valence-corrected chi connectivity index (χ0v) is 9.64. The Bertz CT molecular complexity index is 575. The molecule has 0 saturated carbocycles. The van der Waals surface area contributed by atoms with Crippen molar-refractivity contribution in [3.05, 3.63) is 29.8 Å². The minimum absolute atomic E-state index is 0.0423. The minimum Gasteiger partial charge on any atom is -0.475 e. The average molecular weight is 236 g/mol. The molecule has 1 heterocycles. The number of aromatic carboxylic acids is 1. The van der Waals surface area contributed by atoms with E-state index in [9.17, 15) is 9.18 Å². The molecule has 0 unspecified atom stereocenters. The standard InChI is InChI=1S/C12H13FN2O2/c1-7(2)6-15-10-4-3-8(13)5-9(10)14-11(15)12(16)17/h3-5,7H,6H2,1-2H3,(H,16,17). The second-order valence-corrected chi connectivity index (χ2v) is 4.38. The van der Waals surface area contributed by atoms with Gasteiger partial charge in [-0.1, -0.05) is 13.8 Å². The number of rotatable bonds is 3. The van der Waals surface area contributed by atoms with E-state index in [-0.39, 0.29) is 11.7 Å². The molecule has 0 spiro atoms. The van der Waals surface area contributed by atoms with Crippen molar-refractivity contribution in [2.24, 2.45) is 5.92 Å². The van der Waals surface area contributed by atoms with Crippen molar-refractivity contribution in [2.45, 2.75) is 20.4 Å². The molecule has 0 saturated heterocycles. The molecular weight excluding hydrogens is 223 g/mol. The van der Waals surface area contributed by atoms with Crippen LogP contribution in [0.25, 0.3) is 11.0 Å². The predicted octanol–water partition coefficient (Wildman–Crippen LogP) is 2.53. The molecule has 0 atom stereocenters. The Hall–Kier alpha value is -1.91. The topological polar surface area (TPSA) is 55.1 Å². The summed E-state index contributed by atoms with van der Waals surface area (Å²) in [6.45, 7) is 4.52. The Morgan fingerprint density at radius 3 is 2.82 bits per heavy atom. The van der Waals surface area contributed by atoms with Crippen LogP contribution >= 0.6 is 0 Å². The van der Waals surface area contributed by atoms with Crippen LogP contribution in [-0.4, -0.2) is 20.6 Å². The van der Waals surface area contributed by atoms with E-state index >= 15 is 0 Å². The van der Waals surface area contributed by atoms with Gasteiger partial charge in [-0.05, 0) is 18.1 Å². The lowest BCUT2D eigenvalue weighted by Crippen LogP contribution is -2.12. The van der Waals surface area contributed by atoms with Crippen LogP contribution in [0.2, 0.25) is 0 Å². The number of fused-ring (bicyclic) bond motifs is 1. The van der Waals surface area contributed by atoms with Crippen LogP contribution in [0.3, 0.4) is 0 Å². The van der Waals surface area contributed by atoms with Crippen molar-refractivity contribution in [2.75, 3.05) is 0 Å². The Kier molecular flexibility index (Phi) is 2.83. The van der Waals surface area contributed by atoms with Crippen LogP contribution in [-0.2, 0) is 6.54 Å². The molecular formula is C12H13FN2O2. The van der Waals surface area contributed by atoms with Gasteiger partial charge in [-0.3, -0.25) is 0 Å². The number of nitrogens with zero attached hydrogens (tertiary/aromatic N) is 2. The predicted molar refractivity (Wildman–Crippen MR) is 61.5 cm³/mol. The monoisotopic (exact) mass is 236 g/mol. The number of hydrogen-bond donors (Lipinski definition) is 1. The molecule has 1 aromatic carbocycles. The third-order valence-electron chi connectivity index (χ3n) is 2.45. The summed E-state index contributed by atoms with van der Waals surface area (Å²) in [4.78, 5) is 15.0. The molecule has 4 nitrogen and oxygen atoms in total. The van der Waals surface area contributed by atoms with Gasteiger partial charge >= 0.3 is 5.97 Å². The Labute approximate surface area is 97.7 Å². The van der Waals surface area contributed by atoms with Crippen molar-refractivity contribution in [1.82, 2.24) is 9.55 Å². The maximum Gasteiger partial charge on any atom is 0.372 e. The fourth-order valence-electron chi connectivity index (χ4n) is 1.82. The number of halogens is 1. The molecule has 0 radical (unpaired) electrons. The van der Waals surface area contributed by atoms with Gasteiger partial charge in [0.15, 0.2) is 0 Å². The number of benzene rings is 1. The zero-order chi connectivity index (χ0) is 12.6. The first-order valence-electron chi connectivity index (χ1n) is 5.38. The van der Waals surface area contributed by atoms with Crippen molar-refractivity contribution >= 4 is 17.0 Å². The quantitative estimate of drug-likeness (QED) is 0.890. The third kappa shape index (κ3) is 2.13. The van der Waals surface area contributed by atoms with Crippen LogP contribution in [0.5, 0.6) is 0 Å². The van der Waals surface area contributed by atoms with E-state index < -0.39 is 11.8 Å². The lowest BCUT2D eigenvalue weighted by Gasteiger charge is -2.09. The van der Waals surface area contributed by atoms with E-state index in [0.29, 0.717) is 17.6 Å². The second kappa shape index (κ2) is 4.16. The van der Waals surface area contributed by atoms with Gasteiger partial charge in [0, 0.05) is 12.6 Å². The molecule has 17 heavy (non-hydrogen) atoms. The summed E-state index contributed by atoms with van der Waals surface area (Å²) >= 11 is 0. The van der Waals surface area contributed by atoms with Crippen molar-refractivity contribution in [1.29, 1.82) is 0 Å². The highest BCUT2D eigenvalue weighted by atomic mass is 19.1. The SMILES string of the molecule is CC(C)Cn1c(C(=O)O)nc2cc(F)ccc21. The van der Waals surface area contributed by atoms with E-state index in [1.165, 1.54) is 12.1 Å². The van der Waals surface area contributed by atoms with Gasteiger partial charge in [-0.15, -0.1) is 0 Å². The number of carboxylic acid groups (broad SMARTS) is 1. The third-order valence-corrected chi connectivity index (χ3v) is 2.45. The highest BCUT2D eigenvalue weighted by molar-refractivity contribution is 5.89. The molecule has 1 N–H and O–H groups in total. The van der Waals surface area contributed by atoms with E-state index in [2.05, 4.69) is 4.98 Å². The maximum absolute atomic E-state index is 13.0. The molecule has 0 aliphatic heterocycles. The number of carbonyl (C=O) groups is 1. The van der Waals surface area contributed by atoms with E-state index in [0.717, 1.165) is 0 Å². The highest BCUT2D eigenvalue weighted by Crippen LogP contribution is 2.19. The highest BCUT2D eigenvalue weighted by Gasteiger charge is 2.17. The van der Waals surface area contributed by atoms with Gasteiger partial charge in [0.2, 0.25) is 5.82 Å². The molecule has 0 fully saturated rings. The van der Waals surface area contributed by atoms with Crippen LogP contribution in [0.1, 0.15) is 24.5 Å². The fraction of sp³-hybridized carbons (Fsp3) is 0.333. The first-order chi connectivity index (χ1) is 7.99. The van der Waals surface area contributed by atoms with E-state index in [1.807, 2.05) is 13.8 Å². The normalized spacial score (nSPS) is 11.3. The summed E-state index contributed by atoms with van der Waals surface area (Å²) in [5.74, 6) is -1.26. The van der Waals surface area contributed by atoms with Crippen LogP contribution in [0.15, 0.2) is 18.2 Å². The molecule has 5 heteroatoms. The van der Waals surface area contributed by atoms with Crippen molar-refractivity contribution < 1.29 is 14.3 Å². The van der Waals surface area contributed by atoms with Gasteiger partial charge in [-0.25, -0.2) is 14.2 Å². The largest absolute Gasteiger partial charge is 0.475 e. The number of carboxylic acids is 1. The lowest BCUT2D eigenvalue weighted by molar-refractivity contribution is 0.0678. The van der Waals surface area contributed by atoms with Gasteiger partial charge in [0.1, 0.15) is 5.82 Å². The Morgan fingerprint density at radius 2 is 2.24 bits per heavy atom. The number of hydrogen-bond acceptors (Lipinski definition) is 2. The Morgan fingerprint density at radius 1 is 1.53 bits per heavy atom. The first-order valence-corrected chi connectivity index (χ1v) is 5.38. The van der Waals surface area contributed by atoms with Crippen molar-refractivity contribution in [3.63, 3.8) is 0 Å². The number of aromatic nitrogens is 2. The fourth-order valence-corrected chi connectivity index (χ4v) is 1.82. The minimum atomic E-state index is -1.10. The first kappa shape index (κ1) is 11.6. The molecule has 1 aromatic heterocycles. The molecule has 90 valence electrons. The van der Waals surface area contributed by atoms with Gasteiger partial charge in [0.05, 0.1) is 11.0 Å². The van der Waals surface area contributed by atoms with Crippen LogP contribution in [0.4, 0.5) is 4.39 Å². The zero-order valence-electron chi connectivity index (χ0n) is 9.64. The molecule has 0 aliphatic rings. The molecule has 0 amide bonds. The summed E-state index contributed by atoms with van der Waals surface area (Å²) in [5, 5.41) is 9.07. The van der Waals surface area contributed by atoms with Crippen LogP contribution < -0.4 is 0 Å². The van der Waals surface area contributed by atoms with Gasteiger partial charge < -0.3 is 9.67 Å². The molecule has 0 bridgehead atoms. The summed E-state index contributed by atoms with van der Waals surface area (Å²) in [6, 6.07) is 4.12. The molecule has 0 aliphatic carbocycles.